The molecule has 176 valence electrons. The molecule has 1 saturated heterocycles. The summed E-state index contributed by atoms with van der Waals surface area (Å²) in [5.41, 5.74) is 10.3. The van der Waals surface area contributed by atoms with Crippen LogP contribution in [0.2, 0.25) is 0 Å². The van der Waals surface area contributed by atoms with E-state index in [0.717, 1.165) is 39.5 Å². The first-order valence-electron chi connectivity index (χ1n) is 9.71. The molecule has 1 aliphatic rings. The van der Waals surface area contributed by atoms with Gasteiger partial charge in [-0.05, 0) is 44.0 Å². The maximum Gasteiger partial charge on any atom is 0.264 e. The van der Waals surface area contributed by atoms with Crippen molar-refractivity contribution in [3.63, 3.8) is 0 Å². The molecule has 12 heteroatoms. The van der Waals surface area contributed by atoms with E-state index < -0.39 is 11.9 Å². The van der Waals surface area contributed by atoms with Crippen LogP contribution in [-0.4, -0.2) is 48.9 Å². The number of H-pyrrole nitrogens is 1. The van der Waals surface area contributed by atoms with Crippen molar-refractivity contribution < 1.29 is 9.59 Å². The molecule has 0 radical (unpaired) electrons. The minimum atomic E-state index is -0.514. The largest absolute Gasteiger partial charge is 0.368 e. The van der Waals surface area contributed by atoms with Gasteiger partial charge >= 0.3 is 0 Å². The van der Waals surface area contributed by atoms with Crippen LogP contribution in [0.15, 0.2) is 42.9 Å². The summed E-state index contributed by atoms with van der Waals surface area (Å²) in [5.74, 6) is -0.586. The molecule has 1 atom stereocenters. The predicted molar refractivity (Wildman–Crippen MR) is 136 cm³/mol. The Labute approximate surface area is 212 Å². The first kappa shape index (κ1) is 26.7. The Balaban J connectivity index is 0.00000128. The summed E-state index contributed by atoms with van der Waals surface area (Å²) in [6.45, 7) is 2.54. The van der Waals surface area contributed by atoms with Gasteiger partial charge in [-0.1, -0.05) is 0 Å². The van der Waals surface area contributed by atoms with Crippen LogP contribution in [0.5, 0.6) is 0 Å². The molecule has 0 saturated carbocycles. The number of primary amides is 1. The number of aryl methyl sites for hydroxylation is 1. The van der Waals surface area contributed by atoms with Gasteiger partial charge in [-0.3, -0.25) is 19.1 Å². The molecule has 0 aliphatic carbocycles. The van der Waals surface area contributed by atoms with Crippen LogP contribution in [0, 0.1) is 6.92 Å². The Morgan fingerprint density at radius 1 is 1.15 bits per heavy atom. The number of hydrogen-bond donors (Lipinski definition) is 2. The number of carbonyl (C=O) groups is 2. The van der Waals surface area contributed by atoms with Crippen molar-refractivity contribution in [1.82, 2.24) is 24.5 Å². The first-order chi connectivity index (χ1) is 14.5. The van der Waals surface area contributed by atoms with Gasteiger partial charge in [0, 0.05) is 29.6 Å². The van der Waals surface area contributed by atoms with Gasteiger partial charge in [0.05, 0.1) is 27.8 Å². The highest BCUT2D eigenvalue weighted by molar-refractivity contribution is 7.17. The number of thiophene rings is 1. The number of likely N-dealkylation sites (tertiary alicyclic amines) is 1. The quantitative estimate of drug-likeness (QED) is 0.414. The summed E-state index contributed by atoms with van der Waals surface area (Å²) in [6, 6.07) is 7.20. The van der Waals surface area contributed by atoms with E-state index in [-0.39, 0.29) is 43.1 Å². The Bertz CT molecular complexity index is 1280. The van der Waals surface area contributed by atoms with Gasteiger partial charge in [-0.15, -0.1) is 48.6 Å². The number of aromatic amines is 1. The van der Waals surface area contributed by atoms with Crippen molar-refractivity contribution in [2.45, 2.75) is 25.8 Å². The average Bonchev–Trinajstić information content (AvgIpc) is 3.51. The normalized spacial score (nSPS) is 14.9. The van der Waals surface area contributed by atoms with E-state index in [9.17, 15) is 9.59 Å². The van der Waals surface area contributed by atoms with Crippen LogP contribution in [-0.2, 0) is 4.79 Å². The highest BCUT2D eigenvalue weighted by atomic mass is 35.5. The van der Waals surface area contributed by atoms with Crippen LogP contribution in [0.3, 0.4) is 0 Å². The number of halogens is 3. The van der Waals surface area contributed by atoms with Crippen LogP contribution in [0.1, 0.15) is 28.2 Å². The highest BCUT2D eigenvalue weighted by Gasteiger charge is 2.33. The lowest BCUT2D eigenvalue weighted by molar-refractivity contribution is -0.121. The number of nitrogens with zero attached hydrogens (tertiary/aromatic N) is 4. The monoisotopic (exact) mass is 528 g/mol. The molecular formula is C21H23Cl3N6O2S. The molecule has 33 heavy (non-hydrogen) atoms. The molecule has 4 aromatic heterocycles. The molecule has 5 heterocycles. The van der Waals surface area contributed by atoms with E-state index in [0.29, 0.717) is 17.8 Å². The maximum atomic E-state index is 13.0. The SMILES string of the molecule is Cc1[nH]ncc1-c1ccc2ncc(-c3ccc(C(=O)N4CCC[C@H]4C(N)=O)s3)n2c1.Cl.Cl.Cl. The van der Waals surface area contributed by atoms with Crippen molar-refractivity contribution in [2.24, 2.45) is 5.73 Å². The maximum absolute atomic E-state index is 13.0. The van der Waals surface area contributed by atoms with Crippen LogP contribution in [0.25, 0.3) is 27.3 Å². The van der Waals surface area contributed by atoms with Crippen LogP contribution in [0.4, 0.5) is 0 Å². The standard InChI is InChI=1S/C21H20N6O2S.3ClH/c1-12-14(9-24-25-12)13-4-7-19-23-10-16(27(19)11-13)17-5-6-18(30-17)21(29)26-8-2-3-15(26)20(22)28;;;/h4-7,9-11,15H,2-3,8H2,1H3,(H2,22,28)(H,24,25);3*1H/t15-;;;/m0.../s1. The third-order valence-corrected chi connectivity index (χ3v) is 6.65. The zero-order valence-corrected chi connectivity index (χ0v) is 20.8. The Kier molecular flexibility index (Phi) is 8.53. The van der Waals surface area contributed by atoms with E-state index in [1.807, 2.05) is 48.0 Å². The van der Waals surface area contributed by atoms with E-state index in [4.69, 9.17) is 5.73 Å². The molecule has 1 aliphatic heterocycles. The molecule has 3 N–H and O–H groups in total. The molecule has 5 rings (SSSR count). The average molecular weight is 530 g/mol. The zero-order chi connectivity index (χ0) is 20.8. The number of carbonyl (C=O) groups excluding carboxylic acids is 2. The number of amides is 2. The summed E-state index contributed by atoms with van der Waals surface area (Å²) < 4.78 is 2.02. The van der Waals surface area contributed by atoms with Gasteiger partial charge in [0.1, 0.15) is 11.7 Å². The highest BCUT2D eigenvalue weighted by Crippen LogP contribution is 2.32. The van der Waals surface area contributed by atoms with Gasteiger partial charge in [0.25, 0.3) is 5.91 Å². The second kappa shape index (κ2) is 10.6. The number of fused-ring (bicyclic) bond motifs is 1. The third kappa shape index (κ3) is 4.72. The minimum absolute atomic E-state index is 0. The molecular weight excluding hydrogens is 507 g/mol. The van der Waals surface area contributed by atoms with Crippen LogP contribution < -0.4 is 5.73 Å². The molecule has 2 amide bonds. The molecule has 0 aromatic carbocycles. The van der Waals surface area contributed by atoms with Crippen molar-refractivity contribution >= 4 is 66.0 Å². The minimum Gasteiger partial charge on any atom is -0.368 e. The second-order valence-electron chi connectivity index (χ2n) is 7.42. The number of aromatic nitrogens is 4. The molecule has 8 nitrogen and oxygen atoms in total. The Hall–Kier alpha value is -2.59. The van der Waals surface area contributed by atoms with Crippen molar-refractivity contribution in [1.29, 1.82) is 0 Å². The number of nitrogens with two attached hydrogens (primary N) is 1. The van der Waals surface area contributed by atoms with E-state index in [1.54, 1.807) is 11.1 Å². The number of hydrogen-bond acceptors (Lipinski definition) is 5. The summed E-state index contributed by atoms with van der Waals surface area (Å²) in [5, 5.41) is 7.06. The fourth-order valence-electron chi connectivity index (χ4n) is 4.00. The lowest BCUT2D eigenvalue weighted by Gasteiger charge is -2.21. The number of rotatable bonds is 4. The number of imidazole rings is 1. The summed E-state index contributed by atoms with van der Waals surface area (Å²) in [7, 11) is 0. The molecule has 4 aromatic rings. The smallest absolute Gasteiger partial charge is 0.264 e. The number of pyridine rings is 1. The molecule has 0 unspecified atom stereocenters. The summed E-state index contributed by atoms with van der Waals surface area (Å²) >= 11 is 1.40. The second-order valence-corrected chi connectivity index (χ2v) is 8.50. The Morgan fingerprint density at radius 3 is 2.64 bits per heavy atom. The topological polar surface area (TPSA) is 109 Å². The van der Waals surface area contributed by atoms with Crippen molar-refractivity contribution in [2.75, 3.05) is 6.54 Å². The van der Waals surface area contributed by atoms with E-state index in [2.05, 4.69) is 15.2 Å². The lowest BCUT2D eigenvalue weighted by Crippen LogP contribution is -2.43. The summed E-state index contributed by atoms with van der Waals surface area (Å²) in [6.07, 6.45) is 7.06. The molecule has 1 fully saturated rings. The van der Waals surface area contributed by atoms with Crippen LogP contribution >= 0.6 is 48.6 Å². The predicted octanol–water partition coefficient (Wildman–Crippen LogP) is 4.12. The van der Waals surface area contributed by atoms with E-state index in [1.165, 1.54) is 11.3 Å². The fraction of sp³-hybridized carbons (Fsp3) is 0.238. The van der Waals surface area contributed by atoms with Gasteiger partial charge in [-0.25, -0.2) is 4.98 Å². The fourth-order valence-corrected chi connectivity index (χ4v) is 4.97. The molecule has 0 bridgehead atoms. The van der Waals surface area contributed by atoms with Crippen molar-refractivity contribution in [3.05, 3.63) is 53.4 Å². The first-order valence-corrected chi connectivity index (χ1v) is 10.5. The molecule has 0 spiro atoms. The zero-order valence-electron chi connectivity index (χ0n) is 17.6. The summed E-state index contributed by atoms with van der Waals surface area (Å²) in [4.78, 5) is 32.2. The van der Waals surface area contributed by atoms with Gasteiger partial charge in [0.2, 0.25) is 5.91 Å². The van der Waals surface area contributed by atoms with Gasteiger partial charge in [0.15, 0.2) is 0 Å². The third-order valence-electron chi connectivity index (χ3n) is 5.56. The van der Waals surface area contributed by atoms with Gasteiger partial charge < -0.3 is 10.6 Å². The Morgan fingerprint density at radius 2 is 1.94 bits per heavy atom. The van der Waals surface area contributed by atoms with Crippen molar-refractivity contribution in [3.8, 4) is 21.7 Å². The van der Waals surface area contributed by atoms with E-state index >= 15 is 0 Å². The lowest BCUT2D eigenvalue weighted by atomic mass is 10.1. The van der Waals surface area contributed by atoms with Gasteiger partial charge in [-0.2, -0.15) is 5.10 Å². The number of nitrogens with one attached hydrogen (secondary N) is 1.